The van der Waals surface area contributed by atoms with Gasteiger partial charge in [-0.2, -0.15) is 4.98 Å². The van der Waals surface area contributed by atoms with Gasteiger partial charge in [-0.3, -0.25) is 9.36 Å². The summed E-state index contributed by atoms with van der Waals surface area (Å²) in [6.45, 7) is 5.66. The summed E-state index contributed by atoms with van der Waals surface area (Å²) in [5, 5.41) is 5.69. The zero-order valence-corrected chi connectivity index (χ0v) is 17.5. The van der Waals surface area contributed by atoms with Gasteiger partial charge in [0, 0.05) is 30.6 Å². The number of halogens is 3. The fourth-order valence-corrected chi connectivity index (χ4v) is 3.06. The molecule has 0 saturated carbocycles. The lowest BCUT2D eigenvalue weighted by Gasteiger charge is -2.18. The lowest BCUT2D eigenvalue weighted by Crippen LogP contribution is -2.15. The second-order valence-corrected chi connectivity index (χ2v) is 7.34. The Bertz CT molecular complexity index is 1080. The second kappa shape index (κ2) is 9.19. The molecule has 0 aliphatic carbocycles. The third kappa shape index (κ3) is 5.04. The highest BCUT2D eigenvalue weighted by Gasteiger charge is 2.22. The average molecular weight is 436 g/mol. The molecule has 0 radical (unpaired) electrons. The van der Waals surface area contributed by atoms with E-state index >= 15 is 0 Å². The molecule has 0 amide bonds. The molecule has 2 aromatic heterocycles. The van der Waals surface area contributed by atoms with E-state index in [-0.39, 0.29) is 24.5 Å². The summed E-state index contributed by atoms with van der Waals surface area (Å²) < 4.78 is 48.0. The summed E-state index contributed by atoms with van der Waals surface area (Å²) in [7, 11) is 1.30. The van der Waals surface area contributed by atoms with Gasteiger partial charge in [0.15, 0.2) is 17.3 Å². The van der Waals surface area contributed by atoms with E-state index in [1.165, 1.54) is 13.3 Å². The number of carbonyl (C=O) groups is 1. The number of nitrogens with zero attached hydrogens (tertiary/aromatic N) is 4. The fraction of sp³-hybridized carbons (Fsp3) is 0.400. The molecule has 2 N–H and O–H groups in total. The molecule has 0 saturated heterocycles. The molecule has 11 heteroatoms. The minimum Gasteiger partial charge on any atom is -0.469 e. The highest BCUT2D eigenvalue weighted by molar-refractivity contribution is 5.77. The number of carbonyl (C=O) groups excluding carboxylic acids is 1. The maximum absolute atomic E-state index is 14.2. The number of rotatable bonds is 8. The van der Waals surface area contributed by atoms with Crippen molar-refractivity contribution in [1.29, 1.82) is 0 Å². The summed E-state index contributed by atoms with van der Waals surface area (Å²) in [5.74, 6) is -3.20. The van der Waals surface area contributed by atoms with Gasteiger partial charge in [0.1, 0.15) is 17.0 Å². The Hall–Kier alpha value is -3.37. The van der Waals surface area contributed by atoms with Crippen LogP contribution >= 0.6 is 0 Å². The zero-order valence-electron chi connectivity index (χ0n) is 17.5. The van der Waals surface area contributed by atoms with Crippen molar-refractivity contribution < 1.29 is 22.7 Å². The molecule has 2 heterocycles. The van der Waals surface area contributed by atoms with Crippen molar-refractivity contribution in [2.45, 2.75) is 45.7 Å². The molecule has 1 atom stereocenters. The van der Waals surface area contributed by atoms with Crippen LogP contribution in [0, 0.1) is 17.5 Å². The van der Waals surface area contributed by atoms with E-state index in [4.69, 9.17) is 0 Å². The first-order chi connectivity index (χ1) is 14.7. The maximum Gasteiger partial charge on any atom is 0.305 e. The van der Waals surface area contributed by atoms with Crippen LogP contribution in [-0.2, 0) is 9.53 Å². The lowest BCUT2D eigenvalue weighted by molar-refractivity contribution is -0.140. The Labute approximate surface area is 176 Å². The van der Waals surface area contributed by atoms with E-state index in [2.05, 4.69) is 30.3 Å². The van der Waals surface area contributed by atoms with E-state index in [1.807, 2.05) is 20.8 Å². The molecule has 0 aliphatic heterocycles. The quantitative estimate of drug-likeness (QED) is 0.508. The van der Waals surface area contributed by atoms with Crippen LogP contribution in [0.5, 0.6) is 0 Å². The van der Waals surface area contributed by atoms with Gasteiger partial charge in [-0.05, 0) is 27.2 Å². The Morgan fingerprint density at radius 2 is 1.84 bits per heavy atom. The van der Waals surface area contributed by atoms with Gasteiger partial charge in [-0.15, -0.1) is 0 Å². The lowest BCUT2D eigenvalue weighted by atomic mass is 10.2. The third-order valence-electron chi connectivity index (χ3n) is 4.53. The van der Waals surface area contributed by atoms with Crippen LogP contribution in [0.1, 0.15) is 39.7 Å². The second-order valence-electron chi connectivity index (χ2n) is 7.34. The van der Waals surface area contributed by atoms with Crippen molar-refractivity contribution in [2.75, 3.05) is 17.7 Å². The number of fused-ring (bicyclic) bond motifs is 1. The topological polar surface area (TPSA) is 94.0 Å². The summed E-state index contributed by atoms with van der Waals surface area (Å²) in [4.78, 5) is 24.6. The average Bonchev–Trinajstić information content (AvgIpc) is 3.05. The van der Waals surface area contributed by atoms with Crippen LogP contribution in [-0.4, -0.2) is 38.6 Å². The van der Waals surface area contributed by atoms with Gasteiger partial charge in [-0.1, -0.05) is 0 Å². The molecule has 0 fully saturated rings. The van der Waals surface area contributed by atoms with Gasteiger partial charge < -0.3 is 15.4 Å². The molecule has 0 unspecified atom stereocenters. The molecule has 0 spiro atoms. The first kappa shape index (κ1) is 22.3. The Kier molecular flexibility index (Phi) is 6.62. The van der Waals surface area contributed by atoms with Crippen molar-refractivity contribution in [3.8, 4) is 0 Å². The number of hydrogen-bond acceptors (Lipinski definition) is 7. The van der Waals surface area contributed by atoms with Crippen LogP contribution in [0.2, 0.25) is 0 Å². The zero-order chi connectivity index (χ0) is 22.7. The van der Waals surface area contributed by atoms with Crippen LogP contribution in [0.25, 0.3) is 11.2 Å². The van der Waals surface area contributed by atoms with Crippen LogP contribution in [0.15, 0.2) is 18.3 Å². The van der Waals surface area contributed by atoms with E-state index in [9.17, 15) is 18.0 Å². The molecule has 1 aromatic carbocycles. The number of nitrogens with one attached hydrogen (secondary N) is 2. The predicted molar refractivity (Wildman–Crippen MR) is 110 cm³/mol. The van der Waals surface area contributed by atoms with Crippen molar-refractivity contribution in [2.24, 2.45) is 0 Å². The Balaban J connectivity index is 2.07. The molecular formula is C20H23F3N6O2. The van der Waals surface area contributed by atoms with Gasteiger partial charge in [0.25, 0.3) is 0 Å². The molecule has 8 nitrogen and oxygen atoms in total. The molecule has 31 heavy (non-hydrogen) atoms. The van der Waals surface area contributed by atoms with Gasteiger partial charge in [0.05, 0.1) is 13.3 Å². The number of esters is 1. The van der Waals surface area contributed by atoms with Crippen molar-refractivity contribution in [3.05, 3.63) is 35.8 Å². The summed E-state index contributed by atoms with van der Waals surface area (Å²) in [6.07, 6.45) is 1.97. The number of hydrogen-bond donors (Lipinski definition) is 2. The number of anilines is 3. The van der Waals surface area contributed by atoms with E-state index in [1.54, 1.807) is 4.57 Å². The molecular weight excluding hydrogens is 413 g/mol. The van der Waals surface area contributed by atoms with E-state index < -0.39 is 29.1 Å². The monoisotopic (exact) mass is 436 g/mol. The molecule has 0 aliphatic rings. The van der Waals surface area contributed by atoms with E-state index in [0.29, 0.717) is 35.7 Å². The standard InChI is InChI=1S/C20H23F3N6O2/c1-10(2)25-19-24-9-15-18(28-19)29(11(3)5-6-16(30)31-4)20(26-15)27-17-13(22)7-12(21)8-14(17)23/h7-11H,5-6H2,1-4H3,(H,26,27)(H,24,25,28)/t11-/m0/s1. The largest absolute Gasteiger partial charge is 0.469 e. The first-order valence-electron chi connectivity index (χ1n) is 9.69. The number of methoxy groups -OCH3 is 1. The number of aromatic nitrogens is 4. The van der Waals surface area contributed by atoms with Gasteiger partial charge in [-0.25, -0.2) is 23.1 Å². The fourth-order valence-electron chi connectivity index (χ4n) is 3.06. The highest BCUT2D eigenvalue weighted by Crippen LogP contribution is 2.30. The van der Waals surface area contributed by atoms with Crippen LogP contribution in [0.4, 0.5) is 30.8 Å². The summed E-state index contributed by atoms with van der Waals surface area (Å²) in [6, 6.07) is 0.873. The SMILES string of the molecule is COC(=O)CC[C@H](C)n1c(Nc2c(F)cc(F)cc2F)nc2cnc(NC(C)C)nc21. The maximum atomic E-state index is 14.2. The van der Waals surface area contributed by atoms with Crippen molar-refractivity contribution in [1.82, 2.24) is 19.5 Å². The molecule has 3 rings (SSSR count). The predicted octanol–water partition coefficient (Wildman–Crippen LogP) is 4.32. The van der Waals surface area contributed by atoms with Crippen molar-refractivity contribution >= 4 is 34.7 Å². The first-order valence-corrected chi connectivity index (χ1v) is 9.69. The van der Waals surface area contributed by atoms with Crippen molar-refractivity contribution in [3.63, 3.8) is 0 Å². The molecule has 0 bridgehead atoms. The molecule has 166 valence electrons. The summed E-state index contributed by atoms with van der Waals surface area (Å²) >= 11 is 0. The number of imidazole rings is 1. The van der Waals surface area contributed by atoms with E-state index in [0.717, 1.165) is 0 Å². The Morgan fingerprint density at radius 1 is 1.16 bits per heavy atom. The minimum absolute atomic E-state index is 0.0746. The minimum atomic E-state index is -1.11. The smallest absolute Gasteiger partial charge is 0.305 e. The number of ether oxygens (including phenoxy) is 1. The van der Waals surface area contributed by atoms with Crippen LogP contribution in [0.3, 0.4) is 0 Å². The molecule has 3 aromatic rings. The normalized spacial score (nSPS) is 12.3. The Morgan fingerprint density at radius 3 is 2.45 bits per heavy atom. The third-order valence-corrected chi connectivity index (χ3v) is 4.53. The van der Waals surface area contributed by atoms with Gasteiger partial charge >= 0.3 is 5.97 Å². The van der Waals surface area contributed by atoms with Crippen LogP contribution < -0.4 is 10.6 Å². The summed E-state index contributed by atoms with van der Waals surface area (Å²) in [5.41, 5.74) is 0.234. The highest BCUT2D eigenvalue weighted by atomic mass is 19.1. The van der Waals surface area contributed by atoms with Gasteiger partial charge in [0.2, 0.25) is 11.9 Å². The number of benzene rings is 1.